The minimum atomic E-state index is -0.409. The zero-order valence-electron chi connectivity index (χ0n) is 21.6. The highest BCUT2D eigenvalue weighted by Crippen LogP contribution is 2.39. The molecule has 0 bridgehead atoms. The Hall–Kier alpha value is -4.07. The third-order valence-corrected chi connectivity index (χ3v) is 6.99. The van der Waals surface area contributed by atoms with E-state index in [0.29, 0.717) is 29.4 Å². The summed E-state index contributed by atoms with van der Waals surface area (Å²) >= 11 is 0. The van der Waals surface area contributed by atoms with Gasteiger partial charge in [0.15, 0.2) is 0 Å². The normalized spacial score (nSPS) is 19.9. The number of aliphatic imine (C=N–C) groups is 1. The zero-order chi connectivity index (χ0) is 26.6. The maximum absolute atomic E-state index is 13.4. The Kier molecular flexibility index (Phi) is 7.49. The van der Waals surface area contributed by atoms with Crippen molar-refractivity contribution < 1.29 is 18.7 Å². The number of hydrogen-bond donors (Lipinski definition) is 1. The number of fused-ring (bicyclic) bond motifs is 1. The first-order valence-electron chi connectivity index (χ1n) is 13.1. The van der Waals surface area contributed by atoms with E-state index in [0.717, 1.165) is 36.9 Å². The molecule has 1 N–H and O–H groups in total. The standard InChI is InChI=1S/C30H31FN4O3/c1-19(2)33-29(36)21-8-13-24(14-9-21)35-26-18-25(38-28-5-3-4-16-32-28)15-10-22(26)17-27(35)34-30(37)20-6-11-23(31)12-7-20/h3-7,10-12,15-16,18-19,21,24H,8-9,13-14,17H2,1-2H3,(H,33,36). The minimum Gasteiger partial charge on any atom is -0.439 e. The van der Waals surface area contributed by atoms with Gasteiger partial charge in [-0.3, -0.25) is 9.59 Å². The summed E-state index contributed by atoms with van der Waals surface area (Å²) in [6.07, 6.45) is 5.29. The topological polar surface area (TPSA) is 83.9 Å². The van der Waals surface area contributed by atoms with Crippen molar-refractivity contribution in [1.82, 2.24) is 10.3 Å². The van der Waals surface area contributed by atoms with Crippen LogP contribution in [0.3, 0.4) is 0 Å². The van der Waals surface area contributed by atoms with E-state index in [4.69, 9.17) is 4.74 Å². The van der Waals surface area contributed by atoms with Gasteiger partial charge in [-0.25, -0.2) is 9.37 Å². The molecule has 196 valence electrons. The summed E-state index contributed by atoms with van der Waals surface area (Å²) in [7, 11) is 0. The maximum Gasteiger partial charge on any atom is 0.278 e. The number of carbonyl (C=O) groups is 2. The Morgan fingerprint density at radius 3 is 2.50 bits per heavy atom. The molecule has 0 saturated heterocycles. The Morgan fingerprint density at radius 2 is 1.82 bits per heavy atom. The molecule has 2 aliphatic rings. The van der Waals surface area contributed by atoms with Gasteiger partial charge >= 0.3 is 0 Å². The van der Waals surface area contributed by atoms with E-state index >= 15 is 0 Å². The molecule has 1 aliphatic heterocycles. The SMILES string of the molecule is CC(C)NC(=O)C1CCC(N2C(=NC(=O)c3ccc(F)cc3)Cc3ccc(Oc4ccccn4)cc32)CC1. The predicted octanol–water partition coefficient (Wildman–Crippen LogP) is 5.70. The van der Waals surface area contributed by atoms with Gasteiger partial charge in [0.05, 0.1) is 0 Å². The van der Waals surface area contributed by atoms with Crippen molar-refractivity contribution in [1.29, 1.82) is 0 Å². The average Bonchev–Trinajstić information content (AvgIpc) is 3.26. The van der Waals surface area contributed by atoms with E-state index in [9.17, 15) is 14.0 Å². The second-order valence-electron chi connectivity index (χ2n) is 10.1. The van der Waals surface area contributed by atoms with Crippen molar-refractivity contribution >= 4 is 23.3 Å². The number of hydrogen-bond acceptors (Lipinski definition) is 4. The lowest BCUT2D eigenvalue weighted by Gasteiger charge is -2.36. The summed E-state index contributed by atoms with van der Waals surface area (Å²) < 4.78 is 19.4. The summed E-state index contributed by atoms with van der Waals surface area (Å²) in [4.78, 5) is 36.5. The lowest BCUT2D eigenvalue weighted by molar-refractivity contribution is -0.126. The van der Waals surface area contributed by atoms with Crippen molar-refractivity contribution in [3.05, 3.63) is 83.8 Å². The minimum absolute atomic E-state index is 0.0178. The summed E-state index contributed by atoms with van der Waals surface area (Å²) in [5.41, 5.74) is 2.32. The highest BCUT2D eigenvalue weighted by atomic mass is 19.1. The van der Waals surface area contributed by atoms with Gasteiger partial charge < -0.3 is 15.0 Å². The molecule has 2 amide bonds. The quantitative estimate of drug-likeness (QED) is 0.456. The van der Waals surface area contributed by atoms with Crippen LogP contribution in [0.15, 0.2) is 71.9 Å². The van der Waals surface area contributed by atoms with Crippen LogP contribution >= 0.6 is 0 Å². The fraction of sp³-hybridized carbons (Fsp3) is 0.333. The number of pyridine rings is 1. The molecule has 7 nitrogen and oxygen atoms in total. The Labute approximate surface area is 221 Å². The fourth-order valence-corrected chi connectivity index (χ4v) is 5.18. The molecule has 0 atom stereocenters. The highest BCUT2D eigenvalue weighted by Gasteiger charge is 2.36. The van der Waals surface area contributed by atoms with Gasteiger partial charge in [-0.2, -0.15) is 4.99 Å². The summed E-state index contributed by atoms with van der Waals surface area (Å²) in [5, 5.41) is 3.03. The van der Waals surface area contributed by atoms with Crippen molar-refractivity contribution in [2.45, 2.75) is 58.0 Å². The van der Waals surface area contributed by atoms with E-state index in [1.807, 2.05) is 44.2 Å². The molecule has 0 radical (unpaired) electrons. The molecule has 3 aromatic rings. The van der Waals surface area contributed by atoms with Crippen LogP contribution in [0, 0.1) is 11.7 Å². The van der Waals surface area contributed by atoms with Crippen LogP contribution in [-0.2, 0) is 11.2 Å². The van der Waals surface area contributed by atoms with Gasteiger partial charge in [0.25, 0.3) is 5.91 Å². The van der Waals surface area contributed by atoms with E-state index in [1.165, 1.54) is 24.3 Å². The number of benzene rings is 2. The van der Waals surface area contributed by atoms with Crippen LogP contribution in [0.4, 0.5) is 10.1 Å². The second kappa shape index (κ2) is 11.1. The van der Waals surface area contributed by atoms with Gasteiger partial charge in [-0.05, 0) is 81.5 Å². The van der Waals surface area contributed by atoms with E-state index < -0.39 is 11.7 Å². The molecule has 1 aliphatic carbocycles. The summed E-state index contributed by atoms with van der Waals surface area (Å²) in [6.45, 7) is 3.94. The van der Waals surface area contributed by atoms with Gasteiger partial charge in [-0.15, -0.1) is 0 Å². The first kappa shape index (κ1) is 25.6. The predicted molar refractivity (Wildman–Crippen MR) is 144 cm³/mol. The van der Waals surface area contributed by atoms with Crippen molar-refractivity contribution in [3.63, 3.8) is 0 Å². The number of carbonyl (C=O) groups excluding carboxylic acids is 2. The fourth-order valence-electron chi connectivity index (χ4n) is 5.18. The molecule has 8 heteroatoms. The van der Waals surface area contributed by atoms with Gasteiger partial charge in [0.1, 0.15) is 17.4 Å². The number of anilines is 1. The van der Waals surface area contributed by atoms with Crippen LogP contribution in [0.1, 0.15) is 55.5 Å². The Morgan fingerprint density at radius 1 is 1.05 bits per heavy atom. The van der Waals surface area contributed by atoms with Crippen LogP contribution in [0.25, 0.3) is 0 Å². The molecular weight excluding hydrogens is 483 g/mol. The van der Waals surface area contributed by atoms with Gasteiger partial charge in [0, 0.05) is 54.0 Å². The number of amidine groups is 1. The van der Waals surface area contributed by atoms with Crippen LogP contribution in [0.5, 0.6) is 11.6 Å². The molecule has 5 rings (SSSR count). The van der Waals surface area contributed by atoms with Crippen molar-refractivity contribution in [2.75, 3.05) is 4.90 Å². The highest BCUT2D eigenvalue weighted by molar-refractivity contribution is 6.12. The van der Waals surface area contributed by atoms with Gasteiger partial charge in [-0.1, -0.05) is 12.1 Å². The molecule has 1 fully saturated rings. The molecule has 0 spiro atoms. The largest absolute Gasteiger partial charge is 0.439 e. The third kappa shape index (κ3) is 5.74. The maximum atomic E-state index is 13.4. The first-order chi connectivity index (χ1) is 18.4. The smallest absolute Gasteiger partial charge is 0.278 e. The molecular formula is C30H31FN4O3. The zero-order valence-corrected chi connectivity index (χ0v) is 21.6. The van der Waals surface area contributed by atoms with E-state index in [2.05, 4.69) is 20.2 Å². The Bertz CT molecular complexity index is 1330. The monoisotopic (exact) mass is 514 g/mol. The van der Waals surface area contributed by atoms with Crippen LogP contribution in [0.2, 0.25) is 0 Å². The molecule has 1 saturated carbocycles. The lowest BCUT2D eigenvalue weighted by atomic mass is 9.84. The molecule has 0 unspecified atom stereocenters. The van der Waals surface area contributed by atoms with Crippen LogP contribution in [-0.4, -0.2) is 34.7 Å². The lowest BCUT2D eigenvalue weighted by Crippen LogP contribution is -2.44. The Balaban J connectivity index is 1.42. The average molecular weight is 515 g/mol. The second-order valence-corrected chi connectivity index (χ2v) is 10.1. The number of rotatable bonds is 6. The number of halogens is 1. The van der Waals surface area contributed by atoms with Crippen molar-refractivity contribution in [2.24, 2.45) is 10.9 Å². The number of ether oxygens (including phenoxy) is 1. The van der Waals surface area contributed by atoms with Gasteiger partial charge in [0.2, 0.25) is 11.8 Å². The van der Waals surface area contributed by atoms with Crippen LogP contribution < -0.4 is 15.0 Å². The number of amides is 2. The number of aromatic nitrogens is 1. The first-order valence-corrected chi connectivity index (χ1v) is 13.1. The van der Waals surface area contributed by atoms with E-state index in [1.54, 1.807) is 12.3 Å². The summed E-state index contributed by atoms with van der Waals surface area (Å²) in [6, 6.07) is 17.0. The number of nitrogens with zero attached hydrogens (tertiary/aromatic N) is 3. The molecule has 38 heavy (non-hydrogen) atoms. The third-order valence-electron chi connectivity index (χ3n) is 6.99. The molecule has 1 aromatic heterocycles. The molecule has 2 heterocycles. The summed E-state index contributed by atoms with van der Waals surface area (Å²) in [5.74, 6) is 1.06. The number of nitrogens with one attached hydrogen (secondary N) is 1. The van der Waals surface area contributed by atoms with Crippen molar-refractivity contribution in [3.8, 4) is 11.6 Å². The van der Waals surface area contributed by atoms with E-state index in [-0.39, 0.29) is 23.9 Å². The molecule has 2 aromatic carbocycles.